The number of hydrogen-bond donors (Lipinski definition) is 2. The van der Waals surface area contributed by atoms with Crippen LogP contribution >= 0.6 is 23.2 Å². The van der Waals surface area contributed by atoms with Crippen LogP contribution in [0, 0.1) is 0 Å². The number of nitrogens with one attached hydrogen (secondary N) is 2. The van der Waals surface area contributed by atoms with Crippen LogP contribution in [0.25, 0.3) is 0 Å². The number of sulfonamides is 1. The number of carbonyl (C=O) groups excluding carboxylic acids is 1. The summed E-state index contributed by atoms with van der Waals surface area (Å²) in [6.07, 6.45) is 1.06. The highest BCUT2D eigenvalue weighted by Crippen LogP contribution is 2.21. The molecular weight excluding hydrogens is 301 g/mol. The van der Waals surface area contributed by atoms with E-state index < -0.39 is 15.9 Å². The highest BCUT2D eigenvalue weighted by atomic mass is 35.5. The Kier molecular flexibility index (Phi) is 5.33. The third-order valence-corrected chi connectivity index (χ3v) is 3.93. The van der Waals surface area contributed by atoms with E-state index in [0.29, 0.717) is 6.54 Å². The Hall–Kier alpha value is -0.890. The Bertz CT molecular complexity index is 548. The first kappa shape index (κ1) is 15.2. The first-order chi connectivity index (χ1) is 8.36. The van der Waals surface area contributed by atoms with Gasteiger partial charge < -0.3 is 5.32 Å². The molecule has 0 aliphatic carbocycles. The van der Waals surface area contributed by atoms with E-state index in [4.69, 9.17) is 23.2 Å². The maximum Gasteiger partial charge on any atom is 0.242 e. The summed E-state index contributed by atoms with van der Waals surface area (Å²) in [5.74, 6) is -0.422. The summed E-state index contributed by atoms with van der Waals surface area (Å²) in [4.78, 5) is 14.6. The lowest BCUT2D eigenvalue weighted by Crippen LogP contribution is -2.36. The first-order valence-corrected chi connectivity index (χ1v) is 7.18. The fourth-order valence-corrected chi connectivity index (χ4v) is 2.34. The summed E-state index contributed by atoms with van der Waals surface area (Å²) in [5, 5.41) is 2.50. The second-order valence-corrected chi connectivity index (χ2v) is 5.75. The number of pyridine rings is 1. The average molecular weight is 312 g/mol. The molecule has 6 nitrogen and oxygen atoms in total. The molecule has 0 aliphatic heterocycles. The van der Waals surface area contributed by atoms with Gasteiger partial charge in [-0.3, -0.25) is 4.79 Å². The van der Waals surface area contributed by atoms with E-state index in [1.165, 1.54) is 0 Å². The first-order valence-electron chi connectivity index (χ1n) is 4.94. The van der Waals surface area contributed by atoms with E-state index in [1.54, 1.807) is 6.92 Å². The largest absolute Gasteiger partial charge is 0.355 e. The van der Waals surface area contributed by atoms with Gasteiger partial charge >= 0.3 is 0 Å². The molecule has 0 aliphatic rings. The Labute approximate surface area is 115 Å². The van der Waals surface area contributed by atoms with Crippen molar-refractivity contribution in [2.45, 2.75) is 11.8 Å². The predicted molar refractivity (Wildman–Crippen MR) is 68.1 cm³/mol. The van der Waals surface area contributed by atoms with Crippen molar-refractivity contribution in [2.75, 3.05) is 13.1 Å². The number of carbonyl (C=O) groups is 1. The minimum Gasteiger partial charge on any atom is -0.355 e. The van der Waals surface area contributed by atoms with Crippen molar-refractivity contribution in [2.24, 2.45) is 0 Å². The second-order valence-electron chi connectivity index (χ2n) is 3.22. The molecule has 2 N–H and O–H groups in total. The number of aromatic nitrogens is 1. The van der Waals surface area contributed by atoms with E-state index in [-0.39, 0.29) is 21.6 Å². The molecule has 9 heteroatoms. The van der Waals surface area contributed by atoms with Crippen LogP contribution in [-0.4, -0.2) is 32.4 Å². The van der Waals surface area contributed by atoms with Crippen LogP contribution in [0.5, 0.6) is 0 Å². The zero-order chi connectivity index (χ0) is 13.8. The van der Waals surface area contributed by atoms with Gasteiger partial charge in [-0.05, 0) is 13.0 Å². The predicted octanol–water partition coefficient (Wildman–Crippen LogP) is 0.803. The molecule has 18 heavy (non-hydrogen) atoms. The molecule has 0 radical (unpaired) electrons. The monoisotopic (exact) mass is 311 g/mol. The van der Waals surface area contributed by atoms with Crippen LogP contribution in [0.4, 0.5) is 0 Å². The third kappa shape index (κ3) is 4.09. The van der Waals surface area contributed by atoms with Gasteiger partial charge in [-0.25, -0.2) is 18.1 Å². The van der Waals surface area contributed by atoms with Crippen LogP contribution in [0.2, 0.25) is 10.2 Å². The zero-order valence-corrected chi connectivity index (χ0v) is 11.7. The highest BCUT2D eigenvalue weighted by Gasteiger charge is 2.17. The minimum atomic E-state index is -3.83. The van der Waals surface area contributed by atoms with Gasteiger partial charge in [0.2, 0.25) is 15.9 Å². The Balaban J connectivity index is 2.80. The lowest BCUT2D eigenvalue weighted by atomic mass is 10.5. The van der Waals surface area contributed by atoms with Gasteiger partial charge in [0.05, 0.1) is 11.6 Å². The van der Waals surface area contributed by atoms with E-state index in [0.717, 1.165) is 12.3 Å². The van der Waals surface area contributed by atoms with Crippen molar-refractivity contribution < 1.29 is 13.2 Å². The van der Waals surface area contributed by atoms with Crippen LogP contribution in [0.3, 0.4) is 0 Å². The van der Waals surface area contributed by atoms with Crippen molar-refractivity contribution in [1.29, 1.82) is 0 Å². The smallest absolute Gasteiger partial charge is 0.242 e. The van der Waals surface area contributed by atoms with E-state index in [9.17, 15) is 13.2 Å². The zero-order valence-electron chi connectivity index (χ0n) is 9.41. The molecule has 0 fully saturated rings. The molecule has 0 saturated carbocycles. The molecule has 0 unspecified atom stereocenters. The normalized spacial score (nSPS) is 11.3. The van der Waals surface area contributed by atoms with E-state index in [1.807, 2.05) is 0 Å². The molecule has 100 valence electrons. The molecule has 1 rings (SSSR count). The molecule has 0 spiro atoms. The standard InChI is InChI=1S/C9H11Cl2N3O3S/c1-2-12-8(15)5-14-18(16,17)6-3-7(10)9(11)13-4-6/h3-4,14H,2,5H2,1H3,(H,12,15). The summed E-state index contributed by atoms with van der Waals surface area (Å²) in [5.41, 5.74) is 0. The third-order valence-electron chi connectivity index (χ3n) is 1.88. The average Bonchev–Trinajstić information content (AvgIpc) is 2.30. The molecule has 0 bridgehead atoms. The highest BCUT2D eigenvalue weighted by molar-refractivity contribution is 7.89. The van der Waals surface area contributed by atoms with Gasteiger partial charge in [0.1, 0.15) is 10.0 Å². The molecule has 1 amide bonds. The van der Waals surface area contributed by atoms with Crippen molar-refractivity contribution in [3.63, 3.8) is 0 Å². The number of rotatable bonds is 5. The topological polar surface area (TPSA) is 88.2 Å². The number of halogens is 2. The summed E-state index contributed by atoms with van der Waals surface area (Å²) < 4.78 is 25.7. The van der Waals surface area contributed by atoms with Gasteiger partial charge in [-0.1, -0.05) is 23.2 Å². The van der Waals surface area contributed by atoms with Crippen LogP contribution in [0.1, 0.15) is 6.92 Å². The summed E-state index contributed by atoms with van der Waals surface area (Å²) in [6, 6.07) is 1.16. The van der Waals surface area contributed by atoms with Gasteiger partial charge in [-0.15, -0.1) is 0 Å². The Morgan fingerprint density at radius 3 is 2.67 bits per heavy atom. The van der Waals surface area contributed by atoms with Crippen molar-refractivity contribution >= 4 is 39.1 Å². The fourth-order valence-electron chi connectivity index (χ4n) is 1.05. The SMILES string of the molecule is CCNC(=O)CNS(=O)(=O)c1cnc(Cl)c(Cl)c1. The van der Waals surface area contributed by atoms with Crippen LogP contribution < -0.4 is 10.0 Å². The number of amides is 1. The van der Waals surface area contributed by atoms with Crippen LogP contribution in [-0.2, 0) is 14.8 Å². The maximum atomic E-state index is 11.8. The molecule has 0 aromatic carbocycles. The fraction of sp³-hybridized carbons (Fsp3) is 0.333. The summed E-state index contributed by atoms with van der Waals surface area (Å²) in [6.45, 7) is 1.81. The summed E-state index contributed by atoms with van der Waals surface area (Å²) in [7, 11) is -3.83. The molecule has 0 saturated heterocycles. The minimum absolute atomic E-state index is 0.0133. The molecular formula is C9H11Cl2N3O3S. The molecule has 1 heterocycles. The Morgan fingerprint density at radius 2 is 2.11 bits per heavy atom. The number of likely N-dealkylation sites (N-methyl/N-ethyl adjacent to an activating group) is 1. The second kappa shape index (κ2) is 6.33. The molecule has 0 atom stereocenters. The van der Waals surface area contributed by atoms with Gasteiger partial charge in [0.25, 0.3) is 0 Å². The van der Waals surface area contributed by atoms with Crippen LogP contribution in [0.15, 0.2) is 17.2 Å². The quantitative estimate of drug-likeness (QED) is 0.787. The Morgan fingerprint density at radius 1 is 1.44 bits per heavy atom. The number of nitrogens with zero attached hydrogens (tertiary/aromatic N) is 1. The maximum absolute atomic E-state index is 11.8. The van der Waals surface area contributed by atoms with Crippen molar-refractivity contribution in [1.82, 2.24) is 15.0 Å². The van der Waals surface area contributed by atoms with E-state index in [2.05, 4.69) is 15.0 Å². The summed E-state index contributed by atoms with van der Waals surface area (Å²) >= 11 is 11.2. The van der Waals surface area contributed by atoms with Crippen molar-refractivity contribution in [3.05, 3.63) is 22.4 Å². The van der Waals surface area contributed by atoms with E-state index >= 15 is 0 Å². The number of hydrogen-bond acceptors (Lipinski definition) is 4. The lowest BCUT2D eigenvalue weighted by Gasteiger charge is -2.07. The van der Waals surface area contributed by atoms with Crippen molar-refractivity contribution in [3.8, 4) is 0 Å². The molecule has 1 aromatic heterocycles. The van der Waals surface area contributed by atoms with Gasteiger partial charge in [0.15, 0.2) is 0 Å². The lowest BCUT2D eigenvalue weighted by molar-refractivity contribution is -0.119. The molecule has 1 aromatic rings. The van der Waals surface area contributed by atoms with Gasteiger partial charge in [-0.2, -0.15) is 0 Å². The van der Waals surface area contributed by atoms with Gasteiger partial charge in [0, 0.05) is 12.7 Å².